The van der Waals surface area contributed by atoms with Crippen molar-refractivity contribution in [1.82, 2.24) is 0 Å². The van der Waals surface area contributed by atoms with Gasteiger partial charge in [-0.2, -0.15) is 0 Å². The van der Waals surface area contributed by atoms with Crippen LogP contribution in [0.1, 0.15) is 11.1 Å². The van der Waals surface area contributed by atoms with Crippen molar-refractivity contribution in [2.75, 3.05) is 6.61 Å². The van der Waals surface area contributed by atoms with Crippen LogP contribution in [0, 0.1) is 0 Å². The molecule has 0 bridgehead atoms. The van der Waals surface area contributed by atoms with E-state index in [1.807, 2.05) is 18.2 Å². The SMILES string of the molecule is N/C(=N/O)c1ccc(Cl)cc1Oc1ccccc1CCO. The summed E-state index contributed by atoms with van der Waals surface area (Å²) < 4.78 is 5.83. The molecule has 21 heavy (non-hydrogen) atoms. The number of rotatable bonds is 5. The molecule has 0 spiro atoms. The lowest BCUT2D eigenvalue weighted by Gasteiger charge is -2.13. The molecule has 110 valence electrons. The molecule has 2 rings (SSSR count). The van der Waals surface area contributed by atoms with Gasteiger partial charge in [-0.15, -0.1) is 0 Å². The molecule has 0 saturated heterocycles. The second-order valence-electron chi connectivity index (χ2n) is 4.31. The molecule has 0 saturated carbocycles. The Morgan fingerprint density at radius 1 is 1.19 bits per heavy atom. The van der Waals surface area contributed by atoms with Crippen molar-refractivity contribution in [1.29, 1.82) is 0 Å². The van der Waals surface area contributed by atoms with Gasteiger partial charge in [0.2, 0.25) is 0 Å². The maximum atomic E-state index is 9.09. The molecule has 5 nitrogen and oxygen atoms in total. The molecule has 0 heterocycles. The highest BCUT2D eigenvalue weighted by molar-refractivity contribution is 6.30. The fourth-order valence-electron chi connectivity index (χ4n) is 1.89. The van der Waals surface area contributed by atoms with E-state index in [1.165, 1.54) is 0 Å². The van der Waals surface area contributed by atoms with Gasteiger partial charge in [-0.25, -0.2) is 0 Å². The predicted octanol–water partition coefficient (Wildman–Crippen LogP) is 2.76. The van der Waals surface area contributed by atoms with Crippen LogP contribution in [-0.2, 0) is 6.42 Å². The molecule has 2 aromatic rings. The van der Waals surface area contributed by atoms with E-state index < -0.39 is 0 Å². The molecule has 0 aliphatic heterocycles. The van der Waals surface area contributed by atoms with E-state index in [0.29, 0.717) is 28.5 Å². The van der Waals surface area contributed by atoms with E-state index >= 15 is 0 Å². The molecule has 2 aromatic carbocycles. The van der Waals surface area contributed by atoms with Crippen molar-refractivity contribution in [3.63, 3.8) is 0 Å². The average Bonchev–Trinajstić information content (AvgIpc) is 2.49. The van der Waals surface area contributed by atoms with Gasteiger partial charge in [0.05, 0.1) is 5.56 Å². The molecule has 0 aliphatic carbocycles. The van der Waals surface area contributed by atoms with Crippen molar-refractivity contribution in [2.45, 2.75) is 6.42 Å². The third kappa shape index (κ3) is 3.65. The van der Waals surface area contributed by atoms with Crippen LogP contribution in [0.5, 0.6) is 11.5 Å². The Hall–Kier alpha value is -2.24. The number of nitrogens with two attached hydrogens (primary N) is 1. The van der Waals surface area contributed by atoms with Crippen molar-refractivity contribution in [2.24, 2.45) is 10.9 Å². The highest BCUT2D eigenvalue weighted by Crippen LogP contribution is 2.30. The Morgan fingerprint density at radius 2 is 1.95 bits per heavy atom. The lowest BCUT2D eigenvalue weighted by Crippen LogP contribution is -2.14. The molecule has 0 radical (unpaired) electrons. The van der Waals surface area contributed by atoms with Crippen molar-refractivity contribution < 1.29 is 15.1 Å². The smallest absolute Gasteiger partial charge is 0.173 e. The molecule has 0 aliphatic rings. The Bertz CT molecular complexity index is 659. The number of ether oxygens (including phenoxy) is 1. The summed E-state index contributed by atoms with van der Waals surface area (Å²) in [4.78, 5) is 0. The maximum Gasteiger partial charge on any atom is 0.173 e. The molecule has 0 fully saturated rings. The largest absolute Gasteiger partial charge is 0.456 e. The maximum absolute atomic E-state index is 9.09. The number of amidine groups is 1. The number of para-hydroxylation sites is 1. The first kappa shape index (κ1) is 15.2. The van der Waals surface area contributed by atoms with Crippen molar-refractivity contribution >= 4 is 17.4 Å². The van der Waals surface area contributed by atoms with Gasteiger partial charge < -0.3 is 20.8 Å². The van der Waals surface area contributed by atoms with Gasteiger partial charge in [0.1, 0.15) is 11.5 Å². The van der Waals surface area contributed by atoms with Gasteiger partial charge >= 0.3 is 0 Å². The fourth-order valence-corrected chi connectivity index (χ4v) is 2.06. The van der Waals surface area contributed by atoms with Gasteiger partial charge in [-0.1, -0.05) is 35.0 Å². The van der Waals surface area contributed by atoms with Crippen LogP contribution in [0.25, 0.3) is 0 Å². The van der Waals surface area contributed by atoms with E-state index in [0.717, 1.165) is 5.56 Å². The van der Waals surface area contributed by atoms with Crippen LogP contribution < -0.4 is 10.5 Å². The van der Waals surface area contributed by atoms with Crippen molar-refractivity contribution in [3.05, 3.63) is 58.6 Å². The first-order valence-corrected chi connectivity index (χ1v) is 6.67. The summed E-state index contributed by atoms with van der Waals surface area (Å²) in [5, 5.41) is 21.4. The van der Waals surface area contributed by atoms with Crippen LogP contribution in [0.2, 0.25) is 5.02 Å². The standard InChI is InChI=1S/C15H15ClN2O3/c16-11-5-6-12(15(17)18-20)14(9-11)21-13-4-2-1-3-10(13)7-8-19/h1-6,9,19-20H,7-8H2,(H2,17,18). The number of aliphatic hydroxyl groups excluding tert-OH is 1. The first-order valence-electron chi connectivity index (χ1n) is 6.29. The highest BCUT2D eigenvalue weighted by atomic mass is 35.5. The third-order valence-electron chi connectivity index (χ3n) is 2.90. The zero-order valence-corrected chi connectivity index (χ0v) is 11.9. The number of nitrogens with zero attached hydrogens (tertiary/aromatic N) is 1. The van der Waals surface area contributed by atoms with Crippen LogP contribution in [0.15, 0.2) is 47.6 Å². The van der Waals surface area contributed by atoms with Crippen LogP contribution in [-0.4, -0.2) is 22.8 Å². The minimum atomic E-state index is -0.0682. The second-order valence-corrected chi connectivity index (χ2v) is 4.75. The minimum absolute atomic E-state index is 0.0169. The molecule has 6 heteroatoms. The van der Waals surface area contributed by atoms with Gasteiger partial charge in [-0.3, -0.25) is 0 Å². The van der Waals surface area contributed by atoms with E-state index in [2.05, 4.69) is 5.16 Å². The third-order valence-corrected chi connectivity index (χ3v) is 3.14. The Morgan fingerprint density at radius 3 is 2.67 bits per heavy atom. The molecule has 0 atom stereocenters. The zero-order chi connectivity index (χ0) is 15.2. The van der Waals surface area contributed by atoms with E-state index in [1.54, 1.807) is 24.3 Å². The number of benzene rings is 2. The predicted molar refractivity (Wildman–Crippen MR) is 81.3 cm³/mol. The molecular weight excluding hydrogens is 292 g/mol. The summed E-state index contributed by atoms with van der Waals surface area (Å²) in [7, 11) is 0. The summed E-state index contributed by atoms with van der Waals surface area (Å²) in [5.41, 5.74) is 6.92. The molecule has 0 aromatic heterocycles. The topological polar surface area (TPSA) is 88.1 Å². The van der Waals surface area contributed by atoms with Gasteiger partial charge in [0.25, 0.3) is 0 Å². The lowest BCUT2D eigenvalue weighted by molar-refractivity contribution is 0.298. The molecule has 4 N–H and O–H groups in total. The van der Waals surface area contributed by atoms with E-state index in [9.17, 15) is 0 Å². The fraction of sp³-hybridized carbons (Fsp3) is 0.133. The Kier molecular flexibility index (Phi) is 5.03. The Labute approximate surface area is 127 Å². The first-order chi connectivity index (χ1) is 10.2. The number of aliphatic hydroxyl groups is 1. The lowest BCUT2D eigenvalue weighted by atomic mass is 10.1. The van der Waals surface area contributed by atoms with Crippen LogP contribution in [0.3, 0.4) is 0 Å². The quantitative estimate of drug-likeness (QED) is 0.343. The molecular formula is C15H15ClN2O3. The molecule has 0 unspecified atom stereocenters. The van der Waals surface area contributed by atoms with Gasteiger partial charge in [0, 0.05) is 17.7 Å². The second kappa shape index (κ2) is 6.97. The number of oxime groups is 1. The zero-order valence-electron chi connectivity index (χ0n) is 11.2. The highest BCUT2D eigenvalue weighted by Gasteiger charge is 2.12. The molecule has 0 amide bonds. The van der Waals surface area contributed by atoms with Crippen LogP contribution >= 0.6 is 11.6 Å². The Balaban J connectivity index is 2.42. The summed E-state index contributed by atoms with van der Waals surface area (Å²) in [5.74, 6) is 0.894. The monoisotopic (exact) mass is 306 g/mol. The number of hydrogen-bond donors (Lipinski definition) is 3. The van der Waals surface area contributed by atoms with E-state index in [4.69, 9.17) is 32.4 Å². The van der Waals surface area contributed by atoms with E-state index in [-0.39, 0.29) is 12.4 Å². The summed E-state index contributed by atoms with van der Waals surface area (Å²) >= 11 is 5.97. The van der Waals surface area contributed by atoms with Gasteiger partial charge in [0.15, 0.2) is 5.84 Å². The summed E-state index contributed by atoms with van der Waals surface area (Å²) in [6, 6.07) is 12.2. The summed E-state index contributed by atoms with van der Waals surface area (Å²) in [6.45, 7) is 0.0169. The number of hydrogen-bond acceptors (Lipinski definition) is 4. The average molecular weight is 307 g/mol. The minimum Gasteiger partial charge on any atom is -0.456 e. The summed E-state index contributed by atoms with van der Waals surface area (Å²) in [6.07, 6.45) is 0.468. The normalized spacial score (nSPS) is 11.4. The van der Waals surface area contributed by atoms with Crippen molar-refractivity contribution in [3.8, 4) is 11.5 Å². The number of halogens is 1. The van der Waals surface area contributed by atoms with Gasteiger partial charge in [-0.05, 0) is 30.2 Å². The van der Waals surface area contributed by atoms with Crippen LogP contribution in [0.4, 0.5) is 0 Å².